The molecule has 0 aliphatic carbocycles. The van der Waals surface area contributed by atoms with Gasteiger partial charge in [0.1, 0.15) is 54.2 Å². The highest BCUT2D eigenvalue weighted by Gasteiger charge is 2.10. The molecule has 0 fully saturated rings. The standard InChI is InChI=1S/C21H27N9O3/c1-14(2)29-9-17(24-27-29)12-32-20-5-19(31-11-16-8-22-26-23-16)6-21(7-20)33-13-18-10-30(15(3)4)28-25-18/h5-10,14-15H,11-13H2,1-4H3,(H,22,23,26). The number of aromatic amines is 1. The second kappa shape index (κ2) is 10.1. The largest absolute Gasteiger partial charge is 0.487 e. The van der Waals surface area contributed by atoms with Crippen LogP contribution in [0.5, 0.6) is 17.2 Å². The topological polar surface area (TPSA) is 131 Å². The highest BCUT2D eigenvalue weighted by atomic mass is 16.5. The maximum absolute atomic E-state index is 5.95. The number of hydrogen-bond acceptors (Lipinski definition) is 9. The number of ether oxygens (including phenoxy) is 3. The molecule has 0 aliphatic heterocycles. The summed E-state index contributed by atoms with van der Waals surface area (Å²) in [7, 11) is 0. The Morgan fingerprint density at radius 1 is 0.727 bits per heavy atom. The lowest BCUT2D eigenvalue weighted by atomic mass is 10.3. The predicted octanol–water partition coefficient (Wildman–Crippen LogP) is 2.89. The number of benzene rings is 1. The average molecular weight is 454 g/mol. The van der Waals surface area contributed by atoms with Crippen LogP contribution in [-0.2, 0) is 19.8 Å². The van der Waals surface area contributed by atoms with E-state index in [1.807, 2.05) is 40.1 Å². The fraction of sp³-hybridized carbons (Fsp3) is 0.429. The normalized spacial score (nSPS) is 11.3. The number of nitrogens with zero attached hydrogens (tertiary/aromatic N) is 8. The molecule has 1 aromatic carbocycles. The van der Waals surface area contributed by atoms with E-state index in [1.54, 1.807) is 33.8 Å². The summed E-state index contributed by atoms with van der Waals surface area (Å²) in [5, 5.41) is 26.9. The molecule has 0 saturated carbocycles. The van der Waals surface area contributed by atoms with E-state index < -0.39 is 0 Å². The first kappa shape index (κ1) is 22.2. The van der Waals surface area contributed by atoms with E-state index in [0.29, 0.717) is 22.9 Å². The number of nitrogens with one attached hydrogen (secondary N) is 1. The second-order valence-electron chi connectivity index (χ2n) is 8.03. The number of H-pyrrole nitrogens is 1. The minimum Gasteiger partial charge on any atom is -0.487 e. The van der Waals surface area contributed by atoms with Crippen molar-refractivity contribution >= 4 is 0 Å². The molecular formula is C21H27N9O3. The first-order valence-corrected chi connectivity index (χ1v) is 10.7. The van der Waals surface area contributed by atoms with Crippen molar-refractivity contribution < 1.29 is 14.2 Å². The van der Waals surface area contributed by atoms with Gasteiger partial charge in [-0.2, -0.15) is 15.4 Å². The van der Waals surface area contributed by atoms with Crippen molar-refractivity contribution in [2.75, 3.05) is 0 Å². The molecule has 0 spiro atoms. The van der Waals surface area contributed by atoms with Crippen molar-refractivity contribution in [1.82, 2.24) is 45.4 Å². The van der Waals surface area contributed by atoms with Crippen molar-refractivity contribution in [3.63, 3.8) is 0 Å². The molecule has 0 bridgehead atoms. The van der Waals surface area contributed by atoms with Crippen LogP contribution >= 0.6 is 0 Å². The summed E-state index contributed by atoms with van der Waals surface area (Å²) in [4.78, 5) is 0. The fourth-order valence-corrected chi connectivity index (χ4v) is 2.83. The maximum Gasteiger partial charge on any atom is 0.134 e. The van der Waals surface area contributed by atoms with Crippen LogP contribution in [0.2, 0.25) is 0 Å². The summed E-state index contributed by atoms with van der Waals surface area (Å²) in [5.41, 5.74) is 2.13. The van der Waals surface area contributed by atoms with Crippen LogP contribution in [0.3, 0.4) is 0 Å². The van der Waals surface area contributed by atoms with Gasteiger partial charge in [-0.3, -0.25) is 0 Å². The number of rotatable bonds is 11. The van der Waals surface area contributed by atoms with Crippen LogP contribution in [0, 0.1) is 0 Å². The molecule has 4 rings (SSSR count). The highest BCUT2D eigenvalue weighted by molar-refractivity contribution is 5.42. The van der Waals surface area contributed by atoms with Gasteiger partial charge < -0.3 is 14.2 Å². The van der Waals surface area contributed by atoms with Gasteiger partial charge in [0.15, 0.2) is 0 Å². The van der Waals surface area contributed by atoms with Gasteiger partial charge in [0.05, 0.1) is 18.6 Å². The molecular weight excluding hydrogens is 426 g/mol. The quantitative estimate of drug-likeness (QED) is 0.364. The molecule has 1 N–H and O–H groups in total. The van der Waals surface area contributed by atoms with E-state index in [9.17, 15) is 0 Å². The predicted molar refractivity (Wildman–Crippen MR) is 117 cm³/mol. The maximum atomic E-state index is 5.95. The van der Waals surface area contributed by atoms with Gasteiger partial charge in [-0.05, 0) is 27.7 Å². The van der Waals surface area contributed by atoms with E-state index in [1.165, 1.54) is 0 Å². The average Bonchev–Trinajstić information content (AvgIpc) is 3.56. The molecule has 12 heteroatoms. The molecule has 4 aromatic rings. The first-order chi connectivity index (χ1) is 16.0. The zero-order valence-electron chi connectivity index (χ0n) is 19.0. The SMILES string of the molecule is CC(C)n1cc(COc2cc(OCc3cn(C(C)C)nn3)cc(OCc3cn[nH]n3)c2)nn1. The number of aromatic nitrogens is 9. The van der Waals surface area contributed by atoms with Crippen LogP contribution in [0.15, 0.2) is 36.8 Å². The van der Waals surface area contributed by atoms with Gasteiger partial charge in [0.25, 0.3) is 0 Å². The molecule has 33 heavy (non-hydrogen) atoms. The van der Waals surface area contributed by atoms with Gasteiger partial charge in [-0.15, -0.1) is 10.2 Å². The third kappa shape index (κ3) is 6.05. The van der Waals surface area contributed by atoms with Gasteiger partial charge in [-0.1, -0.05) is 10.4 Å². The van der Waals surface area contributed by atoms with Crippen molar-refractivity contribution in [2.45, 2.75) is 59.6 Å². The van der Waals surface area contributed by atoms with Gasteiger partial charge in [-0.25, -0.2) is 9.36 Å². The van der Waals surface area contributed by atoms with E-state index in [0.717, 1.165) is 11.4 Å². The summed E-state index contributed by atoms with van der Waals surface area (Å²) in [6.45, 7) is 8.95. The molecule has 0 saturated heterocycles. The third-order valence-electron chi connectivity index (χ3n) is 4.65. The summed E-state index contributed by atoms with van der Waals surface area (Å²) >= 11 is 0. The Hall–Kier alpha value is -3.96. The zero-order chi connectivity index (χ0) is 23.2. The summed E-state index contributed by atoms with van der Waals surface area (Å²) in [6.07, 6.45) is 5.34. The van der Waals surface area contributed by atoms with Crippen LogP contribution in [0.25, 0.3) is 0 Å². The van der Waals surface area contributed by atoms with Crippen molar-refractivity contribution in [1.29, 1.82) is 0 Å². The fourth-order valence-electron chi connectivity index (χ4n) is 2.83. The minimum atomic E-state index is 0.230. The Kier molecular flexibility index (Phi) is 6.81. The second-order valence-corrected chi connectivity index (χ2v) is 8.03. The molecule has 0 atom stereocenters. The molecule has 0 amide bonds. The molecule has 12 nitrogen and oxygen atoms in total. The van der Waals surface area contributed by atoms with Gasteiger partial charge in [0, 0.05) is 30.3 Å². The van der Waals surface area contributed by atoms with E-state index in [2.05, 4.69) is 36.0 Å². The lowest BCUT2D eigenvalue weighted by molar-refractivity contribution is 0.270. The monoisotopic (exact) mass is 453 g/mol. The lowest BCUT2D eigenvalue weighted by Gasteiger charge is -2.12. The lowest BCUT2D eigenvalue weighted by Crippen LogP contribution is -2.01. The van der Waals surface area contributed by atoms with Crippen LogP contribution in [0.1, 0.15) is 56.9 Å². The molecule has 0 radical (unpaired) electrons. The zero-order valence-corrected chi connectivity index (χ0v) is 19.0. The minimum absolute atomic E-state index is 0.230. The van der Waals surface area contributed by atoms with Crippen molar-refractivity contribution in [3.8, 4) is 17.2 Å². The Morgan fingerprint density at radius 3 is 1.55 bits per heavy atom. The Balaban J connectivity index is 1.46. The Labute approximate surface area is 190 Å². The third-order valence-corrected chi connectivity index (χ3v) is 4.65. The van der Waals surface area contributed by atoms with Crippen molar-refractivity contribution in [3.05, 3.63) is 53.9 Å². The Bertz CT molecular complexity index is 1080. The molecule has 0 aliphatic rings. The van der Waals surface area contributed by atoms with Crippen molar-refractivity contribution in [2.24, 2.45) is 0 Å². The first-order valence-electron chi connectivity index (χ1n) is 10.7. The van der Waals surface area contributed by atoms with Crippen LogP contribution < -0.4 is 14.2 Å². The van der Waals surface area contributed by atoms with E-state index in [4.69, 9.17) is 14.2 Å². The van der Waals surface area contributed by atoms with Gasteiger partial charge >= 0.3 is 0 Å². The summed E-state index contributed by atoms with van der Waals surface area (Å²) in [5.74, 6) is 1.72. The molecule has 3 aromatic heterocycles. The number of hydrogen-bond donors (Lipinski definition) is 1. The molecule has 174 valence electrons. The van der Waals surface area contributed by atoms with E-state index >= 15 is 0 Å². The molecule has 3 heterocycles. The highest BCUT2D eigenvalue weighted by Crippen LogP contribution is 2.29. The van der Waals surface area contributed by atoms with E-state index in [-0.39, 0.29) is 31.9 Å². The summed E-state index contributed by atoms with van der Waals surface area (Å²) in [6, 6.07) is 5.83. The summed E-state index contributed by atoms with van der Waals surface area (Å²) < 4.78 is 21.3. The van der Waals surface area contributed by atoms with Gasteiger partial charge in [0.2, 0.25) is 0 Å². The molecule has 0 unspecified atom stereocenters. The van der Waals surface area contributed by atoms with Crippen LogP contribution in [-0.4, -0.2) is 45.4 Å². The smallest absolute Gasteiger partial charge is 0.134 e. The van der Waals surface area contributed by atoms with Crippen LogP contribution in [0.4, 0.5) is 0 Å². The Morgan fingerprint density at radius 2 is 1.18 bits per heavy atom.